The maximum Gasteiger partial charge on any atom is 0.416 e. The Hall–Kier alpha value is -1.55. The number of halogens is 6. The number of nitrogens with one attached hydrogen (secondary N) is 1. The van der Waals surface area contributed by atoms with Gasteiger partial charge in [-0.1, -0.05) is 40.9 Å². The zero-order valence-electron chi connectivity index (χ0n) is 15.8. The summed E-state index contributed by atoms with van der Waals surface area (Å²) in [5, 5.41) is 2.91. The number of carbonyl (C=O) groups is 2. The van der Waals surface area contributed by atoms with E-state index in [-0.39, 0.29) is 5.69 Å². The molecule has 1 atom stereocenters. The molecule has 1 fully saturated rings. The summed E-state index contributed by atoms with van der Waals surface area (Å²) in [7, 11) is 1.18. The minimum Gasteiger partial charge on any atom is -0.287 e. The van der Waals surface area contributed by atoms with E-state index in [0.29, 0.717) is 4.90 Å². The highest BCUT2D eigenvalue weighted by molar-refractivity contribution is 6.68. The number of amides is 3. The molecule has 1 heterocycles. The van der Waals surface area contributed by atoms with Crippen LogP contribution in [-0.2, 0) is 11.0 Å². The van der Waals surface area contributed by atoms with Gasteiger partial charge in [-0.2, -0.15) is 13.2 Å². The van der Waals surface area contributed by atoms with Crippen LogP contribution in [0.2, 0.25) is 0 Å². The monoisotopic (exact) mass is 472 g/mol. The van der Waals surface area contributed by atoms with Crippen LogP contribution in [0, 0.1) is 0 Å². The van der Waals surface area contributed by atoms with Crippen LogP contribution in [0.3, 0.4) is 0 Å². The summed E-state index contributed by atoms with van der Waals surface area (Å²) >= 11 is 17.9. The largest absolute Gasteiger partial charge is 0.416 e. The van der Waals surface area contributed by atoms with Crippen molar-refractivity contribution in [3.8, 4) is 0 Å². The third-order valence-corrected chi connectivity index (χ3v) is 4.37. The number of benzene rings is 1. The van der Waals surface area contributed by atoms with Gasteiger partial charge < -0.3 is 0 Å². The van der Waals surface area contributed by atoms with Crippen molar-refractivity contribution in [2.75, 3.05) is 11.9 Å². The maximum absolute atomic E-state index is 13.1. The summed E-state index contributed by atoms with van der Waals surface area (Å²) in [5.74, 6) is -1.31. The van der Waals surface area contributed by atoms with E-state index < -0.39 is 45.0 Å². The van der Waals surface area contributed by atoms with E-state index in [4.69, 9.17) is 34.8 Å². The van der Waals surface area contributed by atoms with Crippen LogP contribution in [0.25, 0.3) is 0 Å². The molecule has 1 unspecified atom stereocenters. The molecule has 160 valence electrons. The van der Waals surface area contributed by atoms with Gasteiger partial charge in [-0.3, -0.25) is 15.0 Å². The van der Waals surface area contributed by atoms with Crippen molar-refractivity contribution in [3.63, 3.8) is 0 Å². The molecule has 1 N–H and O–H groups in total. The quantitative estimate of drug-likeness (QED) is 0.516. The standard InChI is InChI=1S/C17H18Cl3F3N4O2/c1-15(2,3)25-13(16(18,19)20)24-11-12(28)26(4)14(29)27(11)10-7-5-6-9(8-10)17(21,22)23/h5-8,13,25H,1-4H3. The van der Waals surface area contributed by atoms with E-state index in [0.717, 1.165) is 23.1 Å². The molecule has 1 aromatic carbocycles. The first-order valence-electron chi connectivity index (χ1n) is 8.24. The average Bonchev–Trinajstić information content (AvgIpc) is 2.76. The number of amidine groups is 1. The number of hydrogen-bond acceptors (Lipinski definition) is 4. The van der Waals surface area contributed by atoms with Crippen LogP contribution >= 0.6 is 34.8 Å². The summed E-state index contributed by atoms with van der Waals surface area (Å²) < 4.78 is 37.2. The Balaban J connectivity index is 2.60. The van der Waals surface area contributed by atoms with Gasteiger partial charge in [0.15, 0.2) is 0 Å². The zero-order valence-corrected chi connectivity index (χ0v) is 18.1. The van der Waals surface area contributed by atoms with Gasteiger partial charge in [-0.25, -0.2) is 14.7 Å². The number of carbonyl (C=O) groups excluding carboxylic acids is 2. The zero-order chi connectivity index (χ0) is 22.4. The second-order valence-electron chi connectivity index (χ2n) is 7.32. The molecule has 1 aliphatic heterocycles. The molecule has 0 bridgehead atoms. The van der Waals surface area contributed by atoms with Gasteiger partial charge in [0.25, 0.3) is 5.91 Å². The first-order chi connectivity index (χ1) is 13.0. The molecule has 0 radical (unpaired) electrons. The number of hydrogen-bond donors (Lipinski definition) is 1. The average molecular weight is 474 g/mol. The van der Waals surface area contributed by atoms with Crippen LogP contribution in [0.4, 0.5) is 23.7 Å². The number of urea groups is 1. The van der Waals surface area contributed by atoms with Crippen molar-refractivity contribution < 1.29 is 22.8 Å². The number of nitrogens with zero attached hydrogens (tertiary/aromatic N) is 3. The molecule has 1 aromatic rings. The molecule has 1 saturated heterocycles. The molecule has 6 nitrogen and oxygen atoms in total. The third kappa shape index (κ3) is 5.53. The van der Waals surface area contributed by atoms with Gasteiger partial charge >= 0.3 is 12.2 Å². The van der Waals surface area contributed by atoms with Crippen molar-refractivity contribution >= 4 is 58.3 Å². The number of aliphatic imine (C=N–C) groups is 1. The van der Waals surface area contributed by atoms with Crippen LogP contribution < -0.4 is 10.2 Å². The van der Waals surface area contributed by atoms with Crippen molar-refractivity contribution in [2.24, 2.45) is 4.99 Å². The first-order valence-corrected chi connectivity index (χ1v) is 9.37. The molecule has 29 heavy (non-hydrogen) atoms. The Morgan fingerprint density at radius 2 is 1.69 bits per heavy atom. The second-order valence-corrected chi connectivity index (χ2v) is 9.69. The Morgan fingerprint density at radius 3 is 2.17 bits per heavy atom. The topological polar surface area (TPSA) is 65.0 Å². The lowest BCUT2D eigenvalue weighted by Gasteiger charge is -2.30. The van der Waals surface area contributed by atoms with Crippen LogP contribution in [0.5, 0.6) is 0 Å². The van der Waals surface area contributed by atoms with Crippen molar-refractivity contribution in [2.45, 2.75) is 42.4 Å². The predicted molar refractivity (Wildman–Crippen MR) is 106 cm³/mol. The van der Waals surface area contributed by atoms with Gasteiger partial charge in [0, 0.05) is 12.6 Å². The van der Waals surface area contributed by atoms with Gasteiger partial charge in [0.2, 0.25) is 9.63 Å². The van der Waals surface area contributed by atoms with Gasteiger partial charge in [-0.05, 0) is 39.0 Å². The number of alkyl halides is 6. The van der Waals surface area contributed by atoms with E-state index in [1.807, 2.05) is 0 Å². The molecular weight excluding hydrogens is 456 g/mol. The lowest BCUT2D eigenvalue weighted by atomic mass is 10.1. The molecule has 3 amide bonds. The molecular formula is C17H18Cl3F3N4O2. The molecule has 0 spiro atoms. The van der Waals surface area contributed by atoms with Crippen molar-refractivity contribution in [3.05, 3.63) is 29.8 Å². The lowest BCUT2D eigenvalue weighted by molar-refractivity contribution is -0.137. The van der Waals surface area contributed by atoms with Gasteiger partial charge in [0.05, 0.1) is 11.3 Å². The van der Waals surface area contributed by atoms with E-state index in [2.05, 4.69) is 10.3 Å². The van der Waals surface area contributed by atoms with E-state index in [1.54, 1.807) is 20.8 Å². The highest BCUT2D eigenvalue weighted by Crippen LogP contribution is 2.35. The Bertz CT molecular complexity index is 848. The first kappa shape index (κ1) is 23.7. The molecule has 12 heteroatoms. The van der Waals surface area contributed by atoms with Gasteiger partial charge in [-0.15, -0.1) is 0 Å². The van der Waals surface area contributed by atoms with E-state index in [1.165, 1.54) is 13.1 Å². The fourth-order valence-corrected chi connectivity index (χ4v) is 2.77. The maximum atomic E-state index is 13.1. The van der Waals surface area contributed by atoms with Crippen LogP contribution in [0.1, 0.15) is 26.3 Å². The number of likely N-dealkylation sites (N-methyl/N-ethyl adjacent to an activating group) is 1. The fourth-order valence-electron chi connectivity index (χ4n) is 2.46. The Morgan fingerprint density at radius 1 is 1.10 bits per heavy atom. The fraction of sp³-hybridized carbons (Fsp3) is 0.471. The van der Waals surface area contributed by atoms with E-state index >= 15 is 0 Å². The second kappa shape index (κ2) is 7.94. The van der Waals surface area contributed by atoms with E-state index in [9.17, 15) is 22.8 Å². The van der Waals surface area contributed by atoms with Crippen molar-refractivity contribution in [1.29, 1.82) is 0 Å². The van der Waals surface area contributed by atoms with Gasteiger partial charge in [0.1, 0.15) is 6.17 Å². The molecule has 2 rings (SSSR count). The molecule has 0 aromatic heterocycles. The highest BCUT2D eigenvalue weighted by atomic mass is 35.6. The number of rotatable bonds is 3. The molecule has 1 aliphatic rings. The summed E-state index contributed by atoms with van der Waals surface area (Å²) in [6.07, 6.45) is -5.90. The Kier molecular flexibility index (Phi) is 6.50. The summed E-state index contributed by atoms with van der Waals surface area (Å²) in [5.41, 5.74) is -1.79. The summed E-state index contributed by atoms with van der Waals surface area (Å²) in [4.78, 5) is 30.7. The minimum absolute atomic E-state index is 0.194. The third-order valence-electron chi connectivity index (χ3n) is 3.75. The van der Waals surface area contributed by atoms with Crippen LogP contribution in [0.15, 0.2) is 29.3 Å². The predicted octanol–water partition coefficient (Wildman–Crippen LogP) is 4.59. The number of anilines is 1. The molecule has 0 aliphatic carbocycles. The van der Waals surface area contributed by atoms with Crippen molar-refractivity contribution in [1.82, 2.24) is 10.2 Å². The lowest BCUT2D eigenvalue weighted by Crippen LogP contribution is -2.50. The minimum atomic E-state index is -4.64. The summed E-state index contributed by atoms with van der Waals surface area (Å²) in [6.45, 7) is 5.28. The SMILES string of the molecule is CN1C(=O)C(=NC(NC(C)(C)C)C(Cl)(Cl)Cl)N(c2cccc(C(F)(F)F)c2)C1=O. The number of imide groups is 1. The molecule has 0 saturated carbocycles. The van der Waals surface area contributed by atoms with Crippen LogP contribution in [-0.4, -0.2) is 45.2 Å². The smallest absolute Gasteiger partial charge is 0.287 e. The highest BCUT2D eigenvalue weighted by Gasteiger charge is 2.45. The summed E-state index contributed by atoms with van der Waals surface area (Å²) in [6, 6.07) is 3.06. The normalized spacial score (nSPS) is 18.8. The Labute approximate surface area is 180 Å².